The third-order valence-corrected chi connectivity index (χ3v) is 4.69. The Hall–Kier alpha value is -2.93. The summed E-state index contributed by atoms with van der Waals surface area (Å²) in [4.78, 5) is 22.3. The average molecular weight is 410 g/mol. The van der Waals surface area contributed by atoms with E-state index in [2.05, 4.69) is 31.0 Å². The first kappa shape index (κ1) is 16.5. The number of fused-ring (bicyclic) bond motifs is 3. The summed E-state index contributed by atoms with van der Waals surface area (Å²) in [5.74, 6) is 0. The zero-order valence-electron chi connectivity index (χ0n) is 14.3. The van der Waals surface area contributed by atoms with Crippen LogP contribution < -0.4 is 10.5 Å². The van der Waals surface area contributed by atoms with E-state index in [1.165, 1.54) is 11.0 Å². The van der Waals surface area contributed by atoms with Gasteiger partial charge in [0.25, 0.3) is 5.56 Å². The maximum absolute atomic E-state index is 12.7. The monoisotopic (exact) mass is 409 g/mol. The fourth-order valence-corrected chi connectivity index (χ4v) is 3.15. The summed E-state index contributed by atoms with van der Waals surface area (Å²) >= 11 is 3.45. The Bertz CT molecular complexity index is 1190. The number of aromatic nitrogens is 3. The van der Waals surface area contributed by atoms with Crippen molar-refractivity contribution in [3.8, 4) is 0 Å². The van der Waals surface area contributed by atoms with Crippen LogP contribution in [0, 0.1) is 0 Å². The van der Waals surface area contributed by atoms with Crippen molar-refractivity contribution in [1.82, 2.24) is 14.6 Å². The van der Waals surface area contributed by atoms with Gasteiger partial charge in [0.05, 0.1) is 6.21 Å². The number of nitrogens with zero attached hydrogens (tertiary/aromatic N) is 4. The van der Waals surface area contributed by atoms with Gasteiger partial charge >= 0.3 is 0 Å². The molecule has 0 unspecified atom stereocenters. The first-order valence-corrected chi connectivity index (χ1v) is 8.82. The van der Waals surface area contributed by atoms with Crippen LogP contribution in [-0.4, -0.2) is 35.0 Å². The molecule has 7 heteroatoms. The Labute approximate surface area is 157 Å². The van der Waals surface area contributed by atoms with Gasteiger partial charge in [0.15, 0.2) is 0 Å². The minimum Gasteiger partial charge on any atom is -0.378 e. The summed E-state index contributed by atoms with van der Waals surface area (Å²) < 4.78 is 2.18. The molecule has 0 amide bonds. The lowest BCUT2D eigenvalue weighted by molar-refractivity contribution is 0.815. The standard InChI is InChI=1S/C19H16BrN5O/c1-24(2)14-6-3-12(4-7-14)10-22-25-11-21-17-15-9-13(20)5-8-16(15)23-18(17)19(25)26/h3-11,23H,1-2H3. The van der Waals surface area contributed by atoms with E-state index in [1.807, 2.05) is 61.5 Å². The van der Waals surface area contributed by atoms with E-state index in [4.69, 9.17) is 0 Å². The van der Waals surface area contributed by atoms with Crippen molar-refractivity contribution < 1.29 is 0 Å². The lowest BCUT2D eigenvalue weighted by Gasteiger charge is -2.11. The Balaban J connectivity index is 1.74. The molecule has 0 spiro atoms. The third-order valence-electron chi connectivity index (χ3n) is 4.19. The van der Waals surface area contributed by atoms with Gasteiger partial charge in [-0.25, -0.2) is 4.98 Å². The topological polar surface area (TPSA) is 66.3 Å². The van der Waals surface area contributed by atoms with Gasteiger partial charge in [-0.1, -0.05) is 28.1 Å². The molecule has 4 rings (SSSR count). The number of hydrogen-bond acceptors (Lipinski definition) is 4. The van der Waals surface area contributed by atoms with Crippen LogP contribution in [-0.2, 0) is 0 Å². The van der Waals surface area contributed by atoms with Crippen LogP contribution in [0.2, 0.25) is 0 Å². The normalized spacial score (nSPS) is 11.7. The molecule has 4 aromatic rings. The molecule has 2 aromatic carbocycles. The van der Waals surface area contributed by atoms with Crippen LogP contribution >= 0.6 is 15.9 Å². The second-order valence-corrected chi connectivity index (χ2v) is 7.08. The second kappa shape index (κ2) is 6.42. The van der Waals surface area contributed by atoms with Gasteiger partial charge in [0.2, 0.25) is 0 Å². The average Bonchev–Trinajstić information content (AvgIpc) is 3.00. The molecule has 0 fully saturated rings. The Morgan fingerprint density at radius 3 is 2.69 bits per heavy atom. The summed E-state index contributed by atoms with van der Waals surface area (Å²) in [5, 5.41) is 5.17. The molecule has 2 heterocycles. The Kier molecular flexibility index (Phi) is 4.08. The number of halogens is 1. The van der Waals surface area contributed by atoms with E-state index >= 15 is 0 Å². The molecule has 0 saturated heterocycles. The molecule has 0 aliphatic carbocycles. The Morgan fingerprint density at radius 1 is 1.19 bits per heavy atom. The number of anilines is 1. The van der Waals surface area contributed by atoms with Crippen LogP contribution in [0.5, 0.6) is 0 Å². The molecule has 2 aromatic heterocycles. The van der Waals surface area contributed by atoms with E-state index < -0.39 is 0 Å². The molecule has 0 saturated carbocycles. The van der Waals surface area contributed by atoms with Crippen LogP contribution in [0.15, 0.2) is 63.2 Å². The third kappa shape index (κ3) is 2.90. The van der Waals surface area contributed by atoms with Crippen LogP contribution in [0.25, 0.3) is 21.9 Å². The molecule has 26 heavy (non-hydrogen) atoms. The van der Waals surface area contributed by atoms with E-state index in [0.717, 1.165) is 26.6 Å². The van der Waals surface area contributed by atoms with Crippen LogP contribution in [0.3, 0.4) is 0 Å². The van der Waals surface area contributed by atoms with Crippen molar-refractivity contribution in [3.63, 3.8) is 0 Å². The molecule has 0 bridgehead atoms. The molecule has 1 N–H and O–H groups in total. The summed E-state index contributed by atoms with van der Waals surface area (Å²) in [5.41, 5.74) is 3.74. The molecule has 130 valence electrons. The van der Waals surface area contributed by atoms with Gasteiger partial charge in [0.1, 0.15) is 17.4 Å². The lowest BCUT2D eigenvalue weighted by Crippen LogP contribution is -2.17. The summed E-state index contributed by atoms with van der Waals surface area (Å²) in [7, 11) is 3.98. The van der Waals surface area contributed by atoms with Gasteiger partial charge in [0, 0.05) is 35.2 Å². The van der Waals surface area contributed by atoms with Crippen molar-refractivity contribution in [1.29, 1.82) is 0 Å². The summed E-state index contributed by atoms with van der Waals surface area (Å²) in [6.45, 7) is 0. The van der Waals surface area contributed by atoms with Gasteiger partial charge in [-0.05, 0) is 35.9 Å². The minimum atomic E-state index is -0.233. The van der Waals surface area contributed by atoms with Gasteiger partial charge in [-0.3, -0.25) is 4.79 Å². The van der Waals surface area contributed by atoms with Gasteiger partial charge in [-0.2, -0.15) is 9.78 Å². The summed E-state index contributed by atoms with van der Waals surface area (Å²) in [6, 6.07) is 13.7. The number of benzene rings is 2. The van der Waals surface area contributed by atoms with Crippen molar-refractivity contribution >= 4 is 49.8 Å². The highest BCUT2D eigenvalue weighted by Gasteiger charge is 2.10. The lowest BCUT2D eigenvalue weighted by atomic mass is 10.2. The highest BCUT2D eigenvalue weighted by atomic mass is 79.9. The molecule has 0 aliphatic rings. The summed E-state index contributed by atoms with van der Waals surface area (Å²) in [6.07, 6.45) is 3.09. The van der Waals surface area contributed by atoms with E-state index in [9.17, 15) is 4.79 Å². The molecule has 0 radical (unpaired) electrons. The van der Waals surface area contributed by atoms with Crippen molar-refractivity contribution in [2.75, 3.05) is 19.0 Å². The van der Waals surface area contributed by atoms with Crippen molar-refractivity contribution in [3.05, 3.63) is 69.2 Å². The van der Waals surface area contributed by atoms with Crippen molar-refractivity contribution in [2.24, 2.45) is 5.10 Å². The number of hydrogen-bond donors (Lipinski definition) is 1. The second-order valence-electron chi connectivity index (χ2n) is 6.16. The smallest absolute Gasteiger partial charge is 0.298 e. The maximum atomic E-state index is 12.7. The largest absolute Gasteiger partial charge is 0.378 e. The fourth-order valence-electron chi connectivity index (χ4n) is 2.79. The number of nitrogens with one attached hydrogen (secondary N) is 1. The highest BCUT2D eigenvalue weighted by molar-refractivity contribution is 9.10. The molecular formula is C19H16BrN5O. The molecular weight excluding hydrogens is 394 g/mol. The SMILES string of the molecule is CN(C)c1ccc(C=Nn2cnc3c([nH]c4ccc(Br)cc43)c2=O)cc1. The number of aromatic amines is 1. The van der Waals surface area contributed by atoms with Gasteiger partial charge in [-0.15, -0.1) is 0 Å². The zero-order chi connectivity index (χ0) is 18.3. The van der Waals surface area contributed by atoms with E-state index in [0.29, 0.717) is 11.0 Å². The van der Waals surface area contributed by atoms with Crippen molar-refractivity contribution in [2.45, 2.75) is 0 Å². The Morgan fingerprint density at radius 2 is 1.96 bits per heavy atom. The quantitative estimate of drug-likeness (QED) is 0.525. The number of rotatable bonds is 3. The predicted octanol–water partition coefficient (Wildman–Crippen LogP) is 3.59. The van der Waals surface area contributed by atoms with E-state index in [1.54, 1.807) is 6.21 Å². The van der Waals surface area contributed by atoms with Crippen LogP contribution in [0.1, 0.15) is 5.56 Å². The fraction of sp³-hybridized carbons (Fsp3) is 0.105. The zero-order valence-corrected chi connectivity index (χ0v) is 15.9. The number of H-pyrrole nitrogens is 1. The molecule has 0 aliphatic heterocycles. The first-order chi connectivity index (χ1) is 12.5. The minimum absolute atomic E-state index is 0.233. The highest BCUT2D eigenvalue weighted by Crippen LogP contribution is 2.24. The first-order valence-electron chi connectivity index (χ1n) is 8.03. The van der Waals surface area contributed by atoms with Gasteiger partial charge < -0.3 is 9.88 Å². The predicted molar refractivity (Wildman–Crippen MR) is 109 cm³/mol. The maximum Gasteiger partial charge on any atom is 0.298 e. The molecule has 0 atom stereocenters. The van der Waals surface area contributed by atoms with E-state index in [-0.39, 0.29) is 5.56 Å². The van der Waals surface area contributed by atoms with Crippen LogP contribution in [0.4, 0.5) is 5.69 Å². The molecule has 6 nitrogen and oxygen atoms in total.